The molecule has 8 heteroatoms. The van der Waals surface area contributed by atoms with Crippen LogP contribution in [0.2, 0.25) is 0 Å². The van der Waals surface area contributed by atoms with Crippen molar-refractivity contribution in [2.24, 2.45) is 0 Å². The third kappa shape index (κ3) is 5.35. The number of carboxylic acids is 1. The molecule has 1 aliphatic rings. The van der Waals surface area contributed by atoms with Crippen molar-refractivity contribution in [1.29, 1.82) is 0 Å². The van der Waals surface area contributed by atoms with Gasteiger partial charge in [0.15, 0.2) is 6.29 Å². The van der Waals surface area contributed by atoms with Gasteiger partial charge in [0.1, 0.15) is 18.0 Å². The molecule has 0 fully saturated rings. The van der Waals surface area contributed by atoms with E-state index in [-0.39, 0.29) is 11.9 Å². The minimum absolute atomic E-state index is 0.217. The second-order valence-corrected chi connectivity index (χ2v) is 7.11. The summed E-state index contributed by atoms with van der Waals surface area (Å²) in [7, 11) is 0. The number of rotatable bonds is 8. The van der Waals surface area contributed by atoms with E-state index in [9.17, 15) is 14.7 Å². The quantitative estimate of drug-likeness (QED) is 0.448. The lowest BCUT2D eigenvalue weighted by Gasteiger charge is -2.32. The van der Waals surface area contributed by atoms with Crippen molar-refractivity contribution in [2.45, 2.75) is 51.3 Å². The average molecular weight is 415 g/mol. The zero-order valence-corrected chi connectivity index (χ0v) is 16.8. The van der Waals surface area contributed by atoms with Crippen LogP contribution >= 0.6 is 0 Å². The van der Waals surface area contributed by atoms with Gasteiger partial charge in [-0.25, -0.2) is 9.59 Å². The zero-order valence-electron chi connectivity index (χ0n) is 16.8. The molecule has 0 bridgehead atoms. The highest BCUT2D eigenvalue weighted by Crippen LogP contribution is 2.26. The average Bonchev–Trinajstić information content (AvgIpc) is 3.13. The first-order valence-corrected chi connectivity index (χ1v) is 9.73. The molecule has 0 aliphatic carbocycles. The van der Waals surface area contributed by atoms with E-state index in [4.69, 9.17) is 19.3 Å². The summed E-state index contributed by atoms with van der Waals surface area (Å²) in [4.78, 5) is 26.1. The summed E-state index contributed by atoms with van der Waals surface area (Å²) < 4.78 is 16.9. The number of carbonyl (C=O) groups excluding carboxylic acids is 1. The number of benzene rings is 1. The summed E-state index contributed by atoms with van der Waals surface area (Å²) in [5.74, 6) is -1.32. The van der Waals surface area contributed by atoms with Gasteiger partial charge in [-0.15, -0.1) is 0 Å². The standard InChI is InChI=1S/C22H25NO7/c1-13(7-3-6-10-20(25)26)28-22-18(24)11-19(14(2)29-22)30-21(27)16-12-23-17-9-5-4-8-15(16)17/h4-6,8-14,18,22-24H,3,7H2,1-2H3,(H,25,26)/b10-6+/t13-,14?,18?,22-/m1/s1. The van der Waals surface area contributed by atoms with E-state index in [1.54, 1.807) is 19.2 Å². The van der Waals surface area contributed by atoms with Gasteiger partial charge in [-0.05, 0) is 38.8 Å². The van der Waals surface area contributed by atoms with E-state index < -0.39 is 30.4 Å². The topological polar surface area (TPSA) is 118 Å². The summed E-state index contributed by atoms with van der Waals surface area (Å²) in [5.41, 5.74) is 1.22. The Hall–Kier alpha value is -2.94. The lowest BCUT2D eigenvalue weighted by Crippen LogP contribution is -2.41. The number of para-hydroxylation sites is 1. The predicted molar refractivity (Wildman–Crippen MR) is 109 cm³/mol. The number of fused-ring (bicyclic) bond motifs is 1. The molecule has 1 aromatic heterocycles. The van der Waals surface area contributed by atoms with E-state index in [0.717, 1.165) is 17.0 Å². The molecule has 160 valence electrons. The van der Waals surface area contributed by atoms with Gasteiger partial charge in [0.25, 0.3) is 0 Å². The summed E-state index contributed by atoms with van der Waals surface area (Å²) in [6.07, 6.45) is 3.85. The molecule has 0 saturated carbocycles. The van der Waals surface area contributed by atoms with Crippen LogP contribution in [0, 0.1) is 0 Å². The van der Waals surface area contributed by atoms with E-state index in [1.807, 2.05) is 31.2 Å². The number of aliphatic hydroxyl groups is 1. The van der Waals surface area contributed by atoms with Crippen molar-refractivity contribution < 1.29 is 34.0 Å². The van der Waals surface area contributed by atoms with E-state index in [0.29, 0.717) is 18.4 Å². The lowest BCUT2D eigenvalue weighted by molar-refractivity contribution is -0.227. The molecular weight excluding hydrogens is 390 g/mol. The Morgan fingerprint density at radius 1 is 1.33 bits per heavy atom. The Labute approximate surface area is 173 Å². The predicted octanol–water partition coefficient (Wildman–Crippen LogP) is 3.14. The van der Waals surface area contributed by atoms with Gasteiger partial charge >= 0.3 is 11.9 Å². The number of hydrogen-bond donors (Lipinski definition) is 3. The number of esters is 1. The Morgan fingerprint density at radius 2 is 2.10 bits per heavy atom. The molecule has 0 saturated heterocycles. The van der Waals surface area contributed by atoms with Crippen molar-refractivity contribution in [1.82, 2.24) is 4.98 Å². The molecular formula is C22H25NO7. The number of ether oxygens (including phenoxy) is 3. The van der Waals surface area contributed by atoms with Gasteiger partial charge in [0.05, 0.1) is 11.7 Å². The van der Waals surface area contributed by atoms with Crippen LogP contribution in [0.4, 0.5) is 0 Å². The van der Waals surface area contributed by atoms with Crippen LogP contribution in [0.3, 0.4) is 0 Å². The fourth-order valence-electron chi connectivity index (χ4n) is 3.18. The lowest BCUT2D eigenvalue weighted by atomic mass is 10.1. The van der Waals surface area contributed by atoms with Crippen molar-refractivity contribution in [3.8, 4) is 0 Å². The Balaban J connectivity index is 1.59. The molecule has 0 amide bonds. The molecule has 2 heterocycles. The monoisotopic (exact) mass is 415 g/mol. The van der Waals surface area contributed by atoms with Crippen molar-refractivity contribution in [3.63, 3.8) is 0 Å². The van der Waals surface area contributed by atoms with Crippen molar-refractivity contribution in [3.05, 3.63) is 60.0 Å². The van der Waals surface area contributed by atoms with E-state index >= 15 is 0 Å². The molecule has 3 rings (SSSR count). The largest absolute Gasteiger partial charge is 0.478 e. The molecule has 0 spiro atoms. The molecule has 1 aromatic carbocycles. The normalized spacial score (nSPS) is 22.8. The fraction of sp³-hybridized carbons (Fsp3) is 0.364. The van der Waals surface area contributed by atoms with Gasteiger partial charge in [0.2, 0.25) is 0 Å². The van der Waals surface area contributed by atoms with Crippen molar-refractivity contribution >= 4 is 22.8 Å². The summed E-state index contributed by atoms with van der Waals surface area (Å²) >= 11 is 0. The Morgan fingerprint density at radius 3 is 2.87 bits per heavy atom. The highest BCUT2D eigenvalue weighted by atomic mass is 16.7. The number of aromatic amines is 1. The SMILES string of the molecule is CC1O[C@@H](O[C@H](C)CC/C=C/C(=O)O)C(O)C=C1OC(=O)c1c[nH]c2ccccc12. The third-order valence-electron chi connectivity index (χ3n) is 4.74. The first kappa shape index (κ1) is 21.8. The second-order valence-electron chi connectivity index (χ2n) is 7.11. The highest BCUT2D eigenvalue weighted by molar-refractivity contribution is 6.04. The molecule has 2 aromatic rings. The van der Waals surface area contributed by atoms with Crippen LogP contribution in [0.25, 0.3) is 10.9 Å². The van der Waals surface area contributed by atoms with Crippen LogP contribution in [0.1, 0.15) is 37.0 Å². The molecule has 0 radical (unpaired) electrons. The fourth-order valence-corrected chi connectivity index (χ4v) is 3.18. The van der Waals surface area contributed by atoms with Crippen LogP contribution in [0.5, 0.6) is 0 Å². The number of nitrogens with one attached hydrogen (secondary N) is 1. The van der Waals surface area contributed by atoms with Gasteiger partial charge in [-0.2, -0.15) is 0 Å². The maximum atomic E-state index is 12.6. The molecule has 30 heavy (non-hydrogen) atoms. The number of allylic oxidation sites excluding steroid dienone is 1. The molecule has 3 N–H and O–H groups in total. The number of carbonyl (C=O) groups is 2. The van der Waals surface area contributed by atoms with Crippen molar-refractivity contribution in [2.75, 3.05) is 0 Å². The second kappa shape index (κ2) is 9.71. The summed E-state index contributed by atoms with van der Waals surface area (Å²) in [5, 5.41) is 19.7. The number of aromatic nitrogens is 1. The number of aliphatic hydroxyl groups excluding tert-OH is 1. The minimum atomic E-state index is -1.11. The van der Waals surface area contributed by atoms with Gasteiger partial charge in [-0.1, -0.05) is 24.3 Å². The summed E-state index contributed by atoms with van der Waals surface area (Å²) in [6, 6.07) is 7.39. The highest BCUT2D eigenvalue weighted by Gasteiger charge is 2.32. The van der Waals surface area contributed by atoms with Gasteiger partial charge in [-0.3, -0.25) is 0 Å². The molecule has 4 atom stereocenters. The van der Waals surface area contributed by atoms with E-state index in [2.05, 4.69) is 4.98 Å². The van der Waals surface area contributed by atoms with Crippen LogP contribution < -0.4 is 0 Å². The summed E-state index contributed by atoms with van der Waals surface area (Å²) in [6.45, 7) is 3.52. The number of aliphatic carboxylic acids is 1. The smallest absolute Gasteiger partial charge is 0.345 e. The van der Waals surface area contributed by atoms with Crippen LogP contribution in [-0.2, 0) is 19.0 Å². The maximum Gasteiger partial charge on any atom is 0.345 e. The minimum Gasteiger partial charge on any atom is -0.478 e. The zero-order chi connectivity index (χ0) is 21.7. The number of carboxylic acid groups (broad SMARTS) is 1. The van der Waals surface area contributed by atoms with Crippen LogP contribution in [0.15, 0.2) is 54.4 Å². The van der Waals surface area contributed by atoms with E-state index in [1.165, 1.54) is 6.08 Å². The van der Waals surface area contributed by atoms with Crippen LogP contribution in [-0.4, -0.2) is 51.7 Å². The van der Waals surface area contributed by atoms with Gasteiger partial charge in [0, 0.05) is 23.2 Å². The first-order valence-electron chi connectivity index (χ1n) is 9.73. The van der Waals surface area contributed by atoms with Gasteiger partial charge < -0.3 is 29.4 Å². The number of hydrogen-bond acceptors (Lipinski definition) is 6. The molecule has 8 nitrogen and oxygen atoms in total. The Bertz CT molecular complexity index is 961. The first-order chi connectivity index (χ1) is 14.3. The molecule has 1 aliphatic heterocycles. The molecule has 2 unspecified atom stereocenters. The Kier molecular flexibility index (Phi) is 7.04. The maximum absolute atomic E-state index is 12.6. The third-order valence-corrected chi connectivity index (χ3v) is 4.74. The number of H-pyrrole nitrogens is 1.